The zero-order valence-corrected chi connectivity index (χ0v) is 19.9. The first-order valence-electron chi connectivity index (χ1n) is 12.2. The summed E-state index contributed by atoms with van der Waals surface area (Å²) in [4.78, 5) is 19.6. The minimum Gasteiger partial charge on any atom is -0.371 e. The van der Waals surface area contributed by atoms with Crippen LogP contribution in [0.25, 0.3) is 11.1 Å². The molecule has 5 heteroatoms. The number of carbonyl (C=O) groups excluding carboxylic acids is 1. The van der Waals surface area contributed by atoms with Crippen LogP contribution in [0.4, 0.5) is 5.69 Å². The van der Waals surface area contributed by atoms with Crippen molar-refractivity contribution < 1.29 is 4.79 Å². The van der Waals surface area contributed by atoms with Crippen LogP contribution in [-0.2, 0) is 4.79 Å². The van der Waals surface area contributed by atoms with Crippen LogP contribution in [-0.4, -0.2) is 73.6 Å². The second-order valence-corrected chi connectivity index (χ2v) is 9.47. The quantitative estimate of drug-likeness (QED) is 0.751. The summed E-state index contributed by atoms with van der Waals surface area (Å²) in [7, 11) is 0. The van der Waals surface area contributed by atoms with E-state index in [2.05, 4.69) is 84.4 Å². The number of rotatable bonds is 6. The molecule has 0 unspecified atom stereocenters. The predicted molar refractivity (Wildman–Crippen MR) is 133 cm³/mol. The summed E-state index contributed by atoms with van der Waals surface area (Å²) in [5.41, 5.74) is 5.27. The number of benzene rings is 2. The zero-order valence-electron chi connectivity index (χ0n) is 19.9. The van der Waals surface area contributed by atoms with Crippen LogP contribution in [0.3, 0.4) is 0 Å². The SMILES string of the molecule is Cc1c(-c2ccccc2)cccc1N1CCC(NCC(=O)N2CCN(C(C)C)CC2)CC1. The summed E-state index contributed by atoms with van der Waals surface area (Å²) < 4.78 is 0. The lowest BCUT2D eigenvalue weighted by Gasteiger charge is -2.38. The molecule has 2 aliphatic rings. The highest BCUT2D eigenvalue weighted by Gasteiger charge is 2.25. The van der Waals surface area contributed by atoms with Gasteiger partial charge in [0.25, 0.3) is 0 Å². The summed E-state index contributed by atoms with van der Waals surface area (Å²) in [5, 5.41) is 3.55. The topological polar surface area (TPSA) is 38.8 Å². The summed E-state index contributed by atoms with van der Waals surface area (Å²) >= 11 is 0. The van der Waals surface area contributed by atoms with Gasteiger partial charge in [0.2, 0.25) is 5.91 Å². The van der Waals surface area contributed by atoms with Gasteiger partial charge in [0, 0.05) is 57.0 Å². The third kappa shape index (κ3) is 5.33. The Morgan fingerprint density at radius 1 is 0.938 bits per heavy atom. The van der Waals surface area contributed by atoms with Crippen molar-refractivity contribution in [1.29, 1.82) is 0 Å². The fraction of sp³-hybridized carbons (Fsp3) is 0.519. The Labute approximate surface area is 193 Å². The molecule has 172 valence electrons. The van der Waals surface area contributed by atoms with E-state index >= 15 is 0 Å². The Hall–Kier alpha value is -2.37. The minimum absolute atomic E-state index is 0.252. The first kappa shape index (κ1) is 22.8. The lowest BCUT2D eigenvalue weighted by molar-refractivity contribution is -0.132. The van der Waals surface area contributed by atoms with Crippen LogP contribution in [0.1, 0.15) is 32.3 Å². The van der Waals surface area contributed by atoms with Gasteiger partial charge in [-0.1, -0.05) is 42.5 Å². The Bertz CT molecular complexity index is 882. The third-order valence-corrected chi connectivity index (χ3v) is 7.16. The number of nitrogens with zero attached hydrogens (tertiary/aromatic N) is 3. The normalized spacial score (nSPS) is 18.4. The van der Waals surface area contributed by atoms with E-state index in [1.165, 1.54) is 22.4 Å². The summed E-state index contributed by atoms with van der Waals surface area (Å²) in [6, 6.07) is 18.3. The van der Waals surface area contributed by atoms with Gasteiger partial charge in [0.1, 0.15) is 0 Å². The first-order chi connectivity index (χ1) is 15.5. The van der Waals surface area contributed by atoms with Crippen molar-refractivity contribution in [3.63, 3.8) is 0 Å². The largest absolute Gasteiger partial charge is 0.371 e. The zero-order chi connectivity index (χ0) is 22.5. The van der Waals surface area contributed by atoms with E-state index in [4.69, 9.17) is 0 Å². The van der Waals surface area contributed by atoms with Crippen LogP contribution in [0.15, 0.2) is 48.5 Å². The van der Waals surface area contributed by atoms with Gasteiger partial charge < -0.3 is 15.1 Å². The number of hydrogen-bond acceptors (Lipinski definition) is 4. The van der Waals surface area contributed by atoms with E-state index in [1.807, 2.05) is 4.90 Å². The molecule has 4 rings (SSSR count). The maximum absolute atomic E-state index is 12.7. The molecule has 1 N–H and O–H groups in total. The molecule has 0 atom stereocenters. The highest BCUT2D eigenvalue weighted by atomic mass is 16.2. The number of piperazine rings is 1. The lowest BCUT2D eigenvalue weighted by atomic mass is 9.97. The molecule has 32 heavy (non-hydrogen) atoms. The number of hydrogen-bond donors (Lipinski definition) is 1. The molecule has 2 aromatic carbocycles. The molecule has 0 aromatic heterocycles. The van der Waals surface area contributed by atoms with Crippen molar-refractivity contribution in [2.75, 3.05) is 50.7 Å². The number of carbonyl (C=O) groups is 1. The number of piperidine rings is 1. The van der Waals surface area contributed by atoms with Crippen LogP contribution in [0.5, 0.6) is 0 Å². The van der Waals surface area contributed by atoms with Crippen LogP contribution in [0.2, 0.25) is 0 Å². The molecule has 2 fully saturated rings. The smallest absolute Gasteiger partial charge is 0.236 e. The standard InChI is InChI=1S/C27H38N4O/c1-21(2)29-16-18-31(19-17-29)27(32)20-28-24-12-14-30(15-13-24)26-11-7-10-25(22(26)3)23-8-5-4-6-9-23/h4-11,21,24,28H,12-20H2,1-3H3. The van der Waals surface area contributed by atoms with Gasteiger partial charge in [-0.05, 0) is 56.4 Å². The lowest BCUT2D eigenvalue weighted by Crippen LogP contribution is -2.53. The van der Waals surface area contributed by atoms with Crippen molar-refractivity contribution >= 4 is 11.6 Å². The third-order valence-electron chi connectivity index (χ3n) is 7.16. The maximum atomic E-state index is 12.7. The summed E-state index contributed by atoms with van der Waals surface area (Å²) in [5.74, 6) is 0.252. The second kappa shape index (κ2) is 10.5. The van der Waals surface area contributed by atoms with Gasteiger partial charge in [-0.15, -0.1) is 0 Å². The average Bonchev–Trinajstić information content (AvgIpc) is 2.84. The van der Waals surface area contributed by atoms with Crippen molar-refractivity contribution in [3.05, 3.63) is 54.1 Å². The highest BCUT2D eigenvalue weighted by molar-refractivity contribution is 5.78. The molecule has 0 aliphatic carbocycles. The fourth-order valence-corrected chi connectivity index (χ4v) is 5.05. The molecule has 2 aromatic rings. The average molecular weight is 435 g/mol. The molecular weight excluding hydrogens is 396 g/mol. The minimum atomic E-state index is 0.252. The maximum Gasteiger partial charge on any atom is 0.236 e. The molecule has 0 radical (unpaired) electrons. The fourth-order valence-electron chi connectivity index (χ4n) is 5.05. The van der Waals surface area contributed by atoms with Crippen molar-refractivity contribution in [2.24, 2.45) is 0 Å². The van der Waals surface area contributed by atoms with E-state index in [1.54, 1.807) is 0 Å². The van der Waals surface area contributed by atoms with E-state index in [0.717, 1.165) is 52.1 Å². The van der Waals surface area contributed by atoms with Gasteiger partial charge in [-0.2, -0.15) is 0 Å². The molecule has 0 spiro atoms. The molecule has 1 amide bonds. The second-order valence-electron chi connectivity index (χ2n) is 9.47. The molecule has 2 aliphatic heterocycles. The van der Waals surface area contributed by atoms with Crippen LogP contribution >= 0.6 is 0 Å². The molecular formula is C27H38N4O. The van der Waals surface area contributed by atoms with Gasteiger partial charge in [0.15, 0.2) is 0 Å². The Morgan fingerprint density at radius 3 is 2.28 bits per heavy atom. The van der Waals surface area contributed by atoms with Gasteiger partial charge >= 0.3 is 0 Å². The Morgan fingerprint density at radius 2 is 1.62 bits per heavy atom. The number of nitrogens with one attached hydrogen (secondary N) is 1. The number of amides is 1. The molecule has 0 bridgehead atoms. The van der Waals surface area contributed by atoms with E-state index in [0.29, 0.717) is 18.6 Å². The molecule has 5 nitrogen and oxygen atoms in total. The Balaban J connectivity index is 1.27. The monoisotopic (exact) mass is 434 g/mol. The number of anilines is 1. The summed E-state index contributed by atoms with van der Waals surface area (Å²) in [6.07, 6.45) is 2.15. The summed E-state index contributed by atoms with van der Waals surface area (Å²) in [6.45, 7) is 12.9. The van der Waals surface area contributed by atoms with E-state index in [9.17, 15) is 4.79 Å². The predicted octanol–water partition coefficient (Wildman–Crippen LogP) is 3.77. The van der Waals surface area contributed by atoms with Gasteiger partial charge in [-0.25, -0.2) is 0 Å². The molecule has 2 heterocycles. The van der Waals surface area contributed by atoms with Crippen LogP contribution < -0.4 is 10.2 Å². The molecule has 2 saturated heterocycles. The van der Waals surface area contributed by atoms with Crippen molar-refractivity contribution in [3.8, 4) is 11.1 Å². The van der Waals surface area contributed by atoms with Crippen molar-refractivity contribution in [1.82, 2.24) is 15.1 Å². The highest BCUT2D eigenvalue weighted by Crippen LogP contribution is 2.32. The van der Waals surface area contributed by atoms with Gasteiger partial charge in [0.05, 0.1) is 6.54 Å². The van der Waals surface area contributed by atoms with Gasteiger partial charge in [-0.3, -0.25) is 9.69 Å². The van der Waals surface area contributed by atoms with E-state index < -0.39 is 0 Å². The molecule has 0 saturated carbocycles. The van der Waals surface area contributed by atoms with Crippen LogP contribution in [0, 0.1) is 6.92 Å². The van der Waals surface area contributed by atoms with Crippen molar-refractivity contribution in [2.45, 2.75) is 45.7 Å². The Kier molecular flexibility index (Phi) is 7.48. The first-order valence-corrected chi connectivity index (χ1v) is 12.2. The van der Waals surface area contributed by atoms with E-state index in [-0.39, 0.29) is 5.91 Å².